The second-order valence-corrected chi connectivity index (χ2v) is 16.4. The first-order valence-corrected chi connectivity index (χ1v) is 20.3. The quantitative estimate of drug-likeness (QED) is 0.178. The number of anilines is 3. The van der Waals surface area contributed by atoms with Crippen LogP contribution in [0.15, 0.2) is 200 Å². The summed E-state index contributed by atoms with van der Waals surface area (Å²) in [6.07, 6.45) is 0. The summed E-state index contributed by atoms with van der Waals surface area (Å²) in [5.74, 6) is 1.79. The normalized spacial score (nSPS) is 16.1. The van der Waals surface area contributed by atoms with E-state index in [1.165, 1.54) is 72.0 Å². The van der Waals surface area contributed by atoms with E-state index in [0.29, 0.717) is 0 Å². The van der Waals surface area contributed by atoms with Crippen molar-refractivity contribution in [2.75, 3.05) is 4.90 Å². The van der Waals surface area contributed by atoms with Gasteiger partial charge in [0.05, 0.1) is 11.1 Å². The van der Waals surface area contributed by atoms with Gasteiger partial charge in [-0.15, -0.1) is 0 Å². The van der Waals surface area contributed by atoms with Crippen molar-refractivity contribution < 1.29 is 4.74 Å². The zero-order chi connectivity index (χ0) is 38.6. The van der Waals surface area contributed by atoms with Gasteiger partial charge in [0.25, 0.3) is 0 Å². The largest absolute Gasteiger partial charge is 0.457 e. The van der Waals surface area contributed by atoms with Crippen LogP contribution in [0.5, 0.6) is 11.5 Å². The van der Waals surface area contributed by atoms with Crippen LogP contribution >= 0.6 is 0 Å². The fraction of sp³-hybridized carbons (Fsp3) is 0.0714. The van der Waals surface area contributed by atoms with Gasteiger partial charge in [-0.05, 0) is 109 Å². The van der Waals surface area contributed by atoms with Crippen molar-refractivity contribution in [3.8, 4) is 44.9 Å². The molecule has 0 N–H and O–H groups in total. The Bertz CT molecular complexity index is 3140. The van der Waals surface area contributed by atoms with Crippen LogP contribution in [0.3, 0.4) is 0 Å². The van der Waals surface area contributed by atoms with Gasteiger partial charge in [0.1, 0.15) is 11.5 Å². The molecule has 3 aliphatic rings. The Labute approximate surface area is 339 Å². The molecule has 58 heavy (non-hydrogen) atoms. The van der Waals surface area contributed by atoms with Crippen LogP contribution in [0, 0.1) is 0 Å². The number of hydrogen-bond donors (Lipinski definition) is 0. The second kappa shape index (κ2) is 12.2. The summed E-state index contributed by atoms with van der Waals surface area (Å²) >= 11 is 0. The SMILES string of the molecule is CC1(C)c2ccccc2-c2ccc(N(c3ccc4c(c3)C3(c5ccccc5Oc5cc6ccccc6cc53)c3ccccc3-4)c3ccccc3-c3ccccc3)cc21. The molecule has 0 fully saturated rings. The van der Waals surface area contributed by atoms with E-state index in [0.717, 1.165) is 34.1 Å². The lowest BCUT2D eigenvalue weighted by Gasteiger charge is -2.40. The molecule has 0 amide bonds. The van der Waals surface area contributed by atoms with Gasteiger partial charge in [0.2, 0.25) is 0 Å². The van der Waals surface area contributed by atoms with Crippen LogP contribution in [0.2, 0.25) is 0 Å². The molecule has 9 aromatic carbocycles. The first kappa shape index (κ1) is 33.0. The molecule has 0 saturated heterocycles. The first-order valence-electron chi connectivity index (χ1n) is 20.3. The van der Waals surface area contributed by atoms with E-state index in [4.69, 9.17) is 4.74 Å². The fourth-order valence-corrected chi connectivity index (χ4v) is 10.5. The van der Waals surface area contributed by atoms with Crippen molar-refractivity contribution >= 4 is 27.8 Å². The standard InChI is InChI=1S/C56H39NO/c1-55(2)46-23-11-8-21-42(46)44-30-28-39(34-49(44)55)57(52-26-14-10-20-41(52)36-16-4-3-5-17-36)40-29-31-45-43-22-9-12-24-47(43)56(50(45)35-40)48-25-13-15-27-53(48)58-54-33-38-19-7-6-18-37(38)32-51(54)56/h3-35H,1-2H3. The number of fused-ring (bicyclic) bond motifs is 13. The van der Waals surface area contributed by atoms with E-state index in [1.807, 2.05) is 0 Å². The van der Waals surface area contributed by atoms with Crippen LogP contribution in [0.1, 0.15) is 47.2 Å². The number of hydrogen-bond acceptors (Lipinski definition) is 2. The topological polar surface area (TPSA) is 12.5 Å². The smallest absolute Gasteiger partial charge is 0.132 e. The molecule has 1 aliphatic heterocycles. The van der Waals surface area contributed by atoms with Gasteiger partial charge in [-0.25, -0.2) is 0 Å². The average molecular weight is 742 g/mol. The van der Waals surface area contributed by atoms with E-state index in [1.54, 1.807) is 0 Å². The molecule has 0 radical (unpaired) electrons. The van der Waals surface area contributed by atoms with Crippen molar-refractivity contribution in [1.29, 1.82) is 0 Å². The van der Waals surface area contributed by atoms with Crippen molar-refractivity contribution in [1.82, 2.24) is 0 Å². The van der Waals surface area contributed by atoms with Crippen LogP contribution < -0.4 is 9.64 Å². The molecule has 0 bridgehead atoms. The van der Waals surface area contributed by atoms with E-state index in [9.17, 15) is 0 Å². The minimum Gasteiger partial charge on any atom is -0.457 e. The zero-order valence-corrected chi connectivity index (χ0v) is 32.4. The lowest BCUT2D eigenvalue weighted by atomic mass is 9.65. The molecule has 1 unspecified atom stereocenters. The number of ether oxygens (including phenoxy) is 1. The van der Waals surface area contributed by atoms with Gasteiger partial charge in [-0.2, -0.15) is 0 Å². The lowest BCUT2D eigenvalue weighted by Crippen LogP contribution is -2.32. The number of benzene rings is 9. The Morgan fingerprint density at radius 2 is 0.897 bits per heavy atom. The highest BCUT2D eigenvalue weighted by molar-refractivity contribution is 5.96. The Morgan fingerprint density at radius 3 is 1.66 bits per heavy atom. The summed E-state index contributed by atoms with van der Waals surface area (Å²) in [7, 11) is 0. The molecule has 1 atom stereocenters. The van der Waals surface area contributed by atoms with Crippen LogP contribution in [0.4, 0.5) is 17.1 Å². The molecule has 1 spiro atoms. The summed E-state index contributed by atoms with van der Waals surface area (Å²) in [5.41, 5.74) is 17.7. The molecule has 0 aromatic heterocycles. The van der Waals surface area contributed by atoms with Gasteiger partial charge >= 0.3 is 0 Å². The van der Waals surface area contributed by atoms with Crippen LogP contribution in [0.25, 0.3) is 44.2 Å². The summed E-state index contributed by atoms with van der Waals surface area (Å²) < 4.78 is 6.86. The van der Waals surface area contributed by atoms with E-state index >= 15 is 0 Å². The summed E-state index contributed by atoms with van der Waals surface area (Å²) in [6.45, 7) is 4.73. The first-order chi connectivity index (χ1) is 28.5. The molecule has 1 heterocycles. The maximum atomic E-state index is 6.86. The van der Waals surface area contributed by atoms with E-state index in [2.05, 4.69) is 219 Å². The van der Waals surface area contributed by atoms with Gasteiger partial charge < -0.3 is 9.64 Å². The molecule has 9 aromatic rings. The Balaban J connectivity index is 1.15. The molecule has 12 rings (SSSR count). The highest BCUT2D eigenvalue weighted by Crippen LogP contribution is 2.63. The highest BCUT2D eigenvalue weighted by Gasteiger charge is 2.51. The molecule has 2 nitrogen and oxygen atoms in total. The fourth-order valence-electron chi connectivity index (χ4n) is 10.5. The average Bonchev–Trinajstić information content (AvgIpc) is 3.69. The van der Waals surface area contributed by atoms with E-state index < -0.39 is 5.41 Å². The Kier molecular flexibility index (Phi) is 6.93. The monoisotopic (exact) mass is 741 g/mol. The van der Waals surface area contributed by atoms with Crippen LogP contribution in [-0.2, 0) is 10.8 Å². The van der Waals surface area contributed by atoms with E-state index in [-0.39, 0.29) is 5.41 Å². The lowest BCUT2D eigenvalue weighted by molar-refractivity contribution is 0.437. The molecule has 2 heteroatoms. The van der Waals surface area contributed by atoms with Gasteiger partial charge in [0.15, 0.2) is 0 Å². The Morgan fingerprint density at radius 1 is 0.362 bits per heavy atom. The van der Waals surface area contributed by atoms with Crippen molar-refractivity contribution in [3.05, 3.63) is 234 Å². The van der Waals surface area contributed by atoms with Crippen molar-refractivity contribution in [3.63, 3.8) is 0 Å². The minimum atomic E-state index is -0.609. The molecule has 0 saturated carbocycles. The third kappa shape index (κ3) is 4.49. The number of rotatable bonds is 4. The molecule has 274 valence electrons. The van der Waals surface area contributed by atoms with Gasteiger partial charge in [0, 0.05) is 33.5 Å². The zero-order valence-electron chi connectivity index (χ0n) is 32.4. The molecular formula is C56H39NO. The number of nitrogens with zero attached hydrogens (tertiary/aromatic N) is 1. The third-order valence-corrected chi connectivity index (χ3v) is 13.1. The minimum absolute atomic E-state index is 0.144. The predicted molar refractivity (Wildman–Crippen MR) is 239 cm³/mol. The maximum Gasteiger partial charge on any atom is 0.132 e. The maximum absolute atomic E-state index is 6.86. The van der Waals surface area contributed by atoms with Gasteiger partial charge in [-0.1, -0.05) is 166 Å². The molecule has 2 aliphatic carbocycles. The predicted octanol–water partition coefficient (Wildman–Crippen LogP) is 14.8. The summed E-state index contributed by atoms with van der Waals surface area (Å²) in [5, 5.41) is 2.37. The summed E-state index contributed by atoms with van der Waals surface area (Å²) in [4.78, 5) is 2.49. The van der Waals surface area contributed by atoms with Gasteiger partial charge in [-0.3, -0.25) is 0 Å². The highest BCUT2D eigenvalue weighted by atomic mass is 16.5. The van der Waals surface area contributed by atoms with Crippen molar-refractivity contribution in [2.24, 2.45) is 0 Å². The second-order valence-electron chi connectivity index (χ2n) is 16.4. The number of para-hydroxylation sites is 2. The van der Waals surface area contributed by atoms with Crippen molar-refractivity contribution in [2.45, 2.75) is 24.7 Å². The Hall–Kier alpha value is -7.16. The molecular weight excluding hydrogens is 703 g/mol. The van der Waals surface area contributed by atoms with Crippen LogP contribution in [-0.4, -0.2) is 0 Å². The third-order valence-electron chi connectivity index (χ3n) is 13.1. The summed E-state index contributed by atoms with van der Waals surface area (Å²) in [6, 6.07) is 73.7.